The molecule has 0 unspecified atom stereocenters. The van der Waals surface area contributed by atoms with Crippen LogP contribution in [0.4, 0.5) is 12.9 Å². The Morgan fingerprint density at radius 3 is 1.61 bits per heavy atom. The monoisotopic (exact) mass is 502 g/mol. The molecule has 36 heavy (non-hydrogen) atoms. The lowest BCUT2D eigenvalue weighted by molar-refractivity contribution is -0.519. The fourth-order valence-electron chi connectivity index (χ4n) is 3.70. The smallest absolute Gasteiger partial charge is 0.762 e. The van der Waals surface area contributed by atoms with Gasteiger partial charge in [-0.25, -0.2) is 4.58 Å². The van der Waals surface area contributed by atoms with Gasteiger partial charge in [-0.15, -0.1) is 0 Å². The van der Waals surface area contributed by atoms with Crippen molar-refractivity contribution in [2.24, 2.45) is 0 Å². The number of nitrogens with zero attached hydrogens (tertiary/aromatic N) is 2. The molecule has 0 atom stereocenters. The van der Waals surface area contributed by atoms with Crippen molar-refractivity contribution in [2.45, 2.75) is 41.5 Å². The van der Waals surface area contributed by atoms with Gasteiger partial charge >= 0.3 is 7.54 Å². The maximum atomic E-state index is 9.67. The van der Waals surface area contributed by atoms with Gasteiger partial charge in [0.15, 0.2) is 0 Å². The van der Waals surface area contributed by atoms with Crippen LogP contribution < -0.4 is 4.70 Å². The Kier molecular flexibility index (Phi) is 16.7. The molecule has 0 radical (unpaired) electrons. The van der Waals surface area contributed by atoms with Gasteiger partial charge in [0.05, 0.1) is 0 Å². The second-order valence-electron chi connectivity index (χ2n) is 8.01. The molecule has 0 saturated heterocycles. The Labute approximate surface area is 215 Å². The van der Waals surface area contributed by atoms with Crippen LogP contribution in [-0.4, -0.2) is 48.9 Å². The molecule has 0 bridgehead atoms. The number of halogens is 4. The van der Waals surface area contributed by atoms with E-state index in [-0.39, 0.29) is 4.70 Å². The molecule has 2 aromatic carbocycles. The van der Waals surface area contributed by atoms with Crippen molar-refractivity contribution < 1.29 is 22.2 Å². The first kappa shape index (κ1) is 32.9. The molecule has 0 aliphatic carbocycles. The Morgan fingerprint density at radius 2 is 1.19 bits per heavy atom. The normalized spacial score (nSPS) is 11.1. The quantitative estimate of drug-likeness (QED) is 0.152. The summed E-state index contributed by atoms with van der Waals surface area (Å²) in [7, 11) is -3.67. The number of benzene rings is 2. The highest BCUT2D eigenvalue weighted by Gasteiger charge is 2.11. The van der Waals surface area contributed by atoms with Gasteiger partial charge in [-0.2, -0.15) is 0 Å². The van der Waals surface area contributed by atoms with Crippen LogP contribution in [0.3, 0.4) is 0 Å². The molecule has 196 valence electrons. The van der Waals surface area contributed by atoms with Crippen LogP contribution in [0.25, 0.3) is 5.70 Å². The molecule has 2 nitrogen and oxygen atoms in total. The average Bonchev–Trinajstić information content (AvgIpc) is 2.84. The number of aryl methyl sites for hydroxylation is 2. The van der Waals surface area contributed by atoms with Gasteiger partial charge in [0.25, 0.3) is 0 Å². The van der Waals surface area contributed by atoms with E-state index in [1.807, 2.05) is 0 Å². The fraction of sp³-hybridized carbons (Fsp3) is 0.345. The molecule has 0 fully saturated rings. The van der Waals surface area contributed by atoms with Crippen molar-refractivity contribution in [1.29, 1.82) is 0 Å². The molecule has 0 heterocycles. The molecule has 0 aromatic heterocycles. The highest BCUT2D eigenvalue weighted by atomic mass is 19.4. The third-order valence-corrected chi connectivity index (χ3v) is 5.63. The van der Waals surface area contributed by atoms with Gasteiger partial charge in [0.1, 0.15) is 13.1 Å². The Morgan fingerprint density at radius 1 is 0.750 bits per heavy atom. The van der Waals surface area contributed by atoms with Crippen LogP contribution in [0, 0.1) is 13.8 Å². The van der Waals surface area contributed by atoms with E-state index in [9.17, 15) is 12.9 Å². The number of rotatable bonds is 10. The van der Waals surface area contributed by atoms with Crippen LogP contribution in [0.5, 0.6) is 0 Å². The maximum absolute atomic E-state index is 9.67. The summed E-state index contributed by atoms with van der Waals surface area (Å²) in [5.74, 6) is 0. The van der Waals surface area contributed by atoms with Crippen molar-refractivity contribution in [3.8, 4) is 0 Å². The van der Waals surface area contributed by atoms with E-state index < -0.39 is 7.54 Å². The number of hydrogen-bond acceptors (Lipinski definition) is 1. The minimum absolute atomic E-state index is 0. The molecule has 0 spiro atoms. The molecule has 0 aliphatic rings. The molecule has 7 heteroatoms. The molecule has 2 rings (SSSR count). The summed E-state index contributed by atoms with van der Waals surface area (Å²) in [5, 5.41) is 0. The average molecular weight is 502 g/mol. The van der Waals surface area contributed by atoms with Crippen LogP contribution in [-0.2, 0) is 0 Å². The third-order valence-electron chi connectivity index (χ3n) is 5.63. The summed E-state index contributed by atoms with van der Waals surface area (Å²) in [6.07, 6.45) is 10.9. The zero-order valence-electron chi connectivity index (χ0n) is 22.3. The lowest BCUT2D eigenvalue weighted by atomic mass is 10.1. The van der Waals surface area contributed by atoms with Crippen molar-refractivity contribution in [3.05, 3.63) is 101 Å². The van der Waals surface area contributed by atoms with Crippen LogP contribution >= 0.6 is 0 Å². The lowest BCUT2D eigenvalue weighted by Crippen LogP contribution is -3.00. The summed E-state index contributed by atoms with van der Waals surface area (Å²) in [5.41, 5.74) is 7.63. The molecule has 0 saturated carbocycles. The first-order valence-electron chi connectivity index (χ1n) is 12.2. The second-order valence-corrected chi connectivity index (χ2v) is 8.01. The van der Waals surface area contributed by atoms with Gasteiger partial charge in [-0.3, -0.25) is 12.9 Å². The predicted molar refractivity (Wildman–Crippen MR) is 146 cm³/mol. The van der Waals surface area contributed by atoms with Gasteiger partial charge in [0.2, 0.25) is 5.71 Å². The fourth-order valence-corrected chi connectivity index (χ4v) is 3.70. The first-order chi connectivity index (χ1) is 16.8. The summed E-state index contributed by atoms with van der Waals surface area (Å²) in [6, 6.07) is 17.6. The van der Waals surface area contributed by atoms with E-state index in [1.54, 1.807) is 0 Å². The molecule has 2 aromatic rings. The predicted octanol–water partition coefficient (Wildman–Crippen LogP) is 4.52. The van der Waals surface area contributed by atoms with Gasteiger partial charge < -0.3 is 9.60 Å². The van der Waals surface area contributed by atoms with E-state index in [4.69, 9.17) is 0 Å². The van der Waals surface area contributed by atoms with E-state index in [1.165, 1.54) is 33.7 Å². The Balaban J connectivity index is 0.00000227. The molecular weight excluding hydrogens is 463 g/mol. The lowest BCUT2D eigenvalue weighted by Gasteiger charge is -2.24. The van der Waals surface area contributed by atoms with Gasteiger partial charge in [0, 0.05) is 30.4 Å². The maximum Gasteiger partial charge on any atom is 0.762 e. The summed E-state index contributed by atoms with van der Waals surface area (Å²) in [4.78, 5) is 2.40. The highest BCUT2D eigenvalue weighted by Crippen LogP contribution is 2.20. The first-order valence-corrected chi connectivity index (χ1v) is 12.2. The summed E-state index contributed by atoms with van der Waals surface area (Å²) < 4.78 is 31.4. The summed E-state index contributed by atoms with van der Waals surface area (Å²) in [6.45, 7) is 17.1. The van der Waals surface area contributed by atoms with Crippen molar-refractivity contribution >= 4 is 19.0 Å². The second kappa shape index (κ2) is 18.2. The summed E-state index contributed by atoms with van der Waals surface area (Å²) >= 11 is 0. The van der Waals surface area contributed by atoms with Crippen molar-refractivity contribution in [1.82, 2.24) is 4.90 Å². The van der Waals surface area contributed by atoms with Crippen LogP contribution in [0.15, 0.2) is 78.9 Å². The van der Waals surface area contributed by atoms with E-state index in [0.29, 0.717) is 0 Å². The molecule has 0 N–H and O–H groups in total. The van der Waals surface area contributed by atoms with Crippen molar-refractivity contribution in [3.63, 3.8) is 0 Å². The van der Waals surface area contributed by atoms with Crippen molar-refractivity contribution in [2.75, 3.05) is 26.2 Å². The third kappa shape index (κ3) is 11.6. The Hall–Kier alpha value is -3.09. The SMILES string of the molecule is CCN(CC)C(=CC=CC=CC(c1ccc(C)cc1)=[N+](CC)CC)c1ccc(C)cc1.FB(F)F.[F-]. The molecular formula is C29H39BF4N2. The van der Waals surface area contributed by atoms with E-state index >= 15 is 0 Å². The van der Waals surface area contributed by atoms with Gasteiger partial charge in [-0.1, -0.05) is 65.8 Å². The van der Waals surface area contributed by atoms with E-state index in [0.717, 1.165) is 26.2 Å². The zero-order valence-corrected chi connectivity index (χ0v) is 22.3. The topological polar surface area (TPSA) is 6.25 Å². The number of allylic oxidation sites excluding steroid dienone is 5. The standard InChI is InChI=1S/C29H39N2.BF3.FH/c1-7-30(8-2)28(26-20-16-24(5)17-21-26)14-12-11-13-15-29(31(9-3)10-4)27-22-18-25(6)19-23-27;2-1(3)4;/h11-23H,7-10H2,1-6H3;;1H/q+1;;/p-1. The minimum atomic E-state index is -3.67. The van der Waals surface area contributed by atoms with Gasteiger partial charge in [-0.05, 0) is 65.3 Å². The molecule has 0 amide bonds. The number of hydrogen-bond donors (Lipinski definition) is 0. The Bertz CT molecular complexity index is 982. The van der Waals surface area contributed by atoms with Crippen LogP contribution in [0.2, 0.25) is 0 Å². The molecule has 0 aliphatic heterocycles. The van der Waals surface area contributed by atoms with E-state index in [2.05, 4.69) is 130 Å². The minimum Gasteiger partial charge on any atom is -1.00 e. The highest BCUT2D eigenvalue weighted by molar-refractivity contribution is 6.33. The van der Waals surface area contributed by atoms with Crippen LogP contribution in [0.1, 0.15) is 49.9 Å². The largest absolute Gasteiger partial charge is 1.00 e. The zero-order chi connectivity index (χ0) is 26.2.